The van der Waals surface area contributed by atoms with Crippen molar-refractivity contribution in [1.29, 1.82) is 0 Å². The Labute approximate surface area is 516 Å². The molecular formula is C70H70N4O6S5. The van der Waals surface area contributed by atoms with E-state index < -0.39 is 29.2 Å². The van der Waals surface area contributed by atoms with Gasteiger partial charge in [-0.25, -0.2) is 16.8 Å². The predicted molar refractivity (Wildman–Crippen MR) is 361 cm³/mol. The van der Waals surface area contributed by atoms with Gasteiger partial charge in [-0.05, 0) is 196 Å². The van der Waals surface area contributed by atoms with Crippen molar-refractivity contribution < 1.29 is 26.4 Å². The maximum Gasteiger partial charge on any atom is 0.258 e. The van der Waals surface area contributed by atoms with Crippen LogP contribution < -0.4 is 9.80 Å². The zero-order valence-electron chi connectivity index (χ0n) is 49.0. The molecule has 0 atom stereocenters. The number of hydrogen-bond donors (Lipinski definition) is 0. The largest absolute Gasteiger partial charge is 0.308 e. The lowest BCUT2D eigenvalue weighted by molar-refractivity contribution is 0.0979. The highest BCUT2D eigenvalue weighted by Gasteiger charge is 2.34. The SMILES string of the molecule is CSc1ccc(N(CCc2cccc(-c3cc(C(C)(C)S(C)(=O)=O)cc4cccnc34)c2)C(=O)c2ccccc2)cc1.CSc1ccc(N(CCc2cccc(-c3cc(C(C)(C)S(C)(=O)=O)cc4cccnc34)c2)C(=O)c2ccccc2)cc1.S. The molecule has 0 unspecified atom stereocenters. The van der Waals surface area contributed by atoms with Crippen LogP contribution in [0.2, 0.25) is 0 Å². The summed E-state index contributed by atoms with van der Waals surface area (Å²) in [7, 11) is -6.74. The summed E-state index contributed by atoms with van der Waals surface area (Å²) in [6.07, 6.45) is 11.4. The number of benzene rings is 8. The number of carbonyl (C=O) groups excluding carboxylic acids is 2. The van der Waals surface area contributed by atoms with Crippen molar-refractivity contribution >= 4 is 102 Å². The van der Waals surface area contributed by atoms with E-state index in [1.807, 2.05) is 204 Å². The van der Waals surface area contributed by atoms with E-state index in [1.165, 1.54) is 12.5 Å². The van der Waals surface area contributed by atoms with E-state index in [-0.39, 0.29) is 25.3 Å². The van der Waals surface area contributed by atoms with Crippen LogP contribution in [0.1, 0.15) is 70.7 Å². The average Bonchev–Trinajstić information content (AvgIpc) is 2.11. The zero-order valence-corrected chi connectivity index (χ0v) is 53.3. The summed E-state index contributed by atoms with van der Waals surface area (Å²) in [5.74, 6) is -0.0934. The lowest BCUT2D eigenvalue weighted by Crippen LogP contribution is -2.32. The molecule has 2 aromatic heterocycles. The van der Waals surface area contributed by atoms with Crippen molar-refractivity contribution in [2.24, 2.45) is 0 Å². The summed E-state index contributed by atoms with van der Waals surface area (Å²) in [5, 5.41) is 1.78. The van der Waals surface area contributed by atoms with Crippen LogP contribution in [0.3, 0.4) is 0 Å². The van der Waals surface area contributed by atoms with Gasteiger partial charge in [-0.1, -0.05) is 97.1 Å². The molecule has 0 aliphatic heterocycles. The second-order valence-corrected chi connectivity index (χ2v) is 28.6. The van der Waals surface area contributed by atoms with Gasteiger partial charge in [-0.15, -0.1) is 23.5 Å². The van der Waals surface area contributed by atoms with Crippen molar-refractivity contribution in [2.75, 3.05) is 47.9 Å². The summed E-state index contributed by atoms with van der Waals surface area (Å²) in [4.78, 5) is 42.5. The maximum absolute atomic E-state index is 13.6. The molecule has 10 nitrogen and oxygen atoms in total. The predicted octanol–water partition coefficient (Wildman–Crippen LogP) is 15.7. The van der Waals surface area contributed by atoms with Crippen LogP contribution in [0.25, 0.3) is 44.1 Å². The minimum absolute atomic E-state index is 0. The Balaban J connectivity index is 0.000000219. The van der Waals surface area contributed by atoms with Crippen LogP contribution >= 0.6 is 37.0 Å². The van der Waals surface area contributed by atoms with E-state index in [0.29, 0.717) is 37.1 Å². The van der Waals surface area contributed by atoms with Gasteiger partial charge in [0.1, 0.15) is 0 Å². The first kappa shape index (κ1) is 63.5. The normalized spacial score (nSPS) is 11.8. The number of fused-ring (bicyclic) bond motifs is 2. The number of hydrogen-bond acceptors (Lipinski definition) is 10. The summed E-state index contributed by atoms with van der Waals surface area (Å²) < 4.78 is 48.7. The highest BCUT2D eigenvalue weighted by atomic mass is 32.2. The van der Waals surface area contributed by atoms with E-state index in [2.05, 4.69) is 34.2 Å². The molecule has 0 saturated carbocycles. The van der Waals surface area contributed by atoms with E-state index in [0.717, 1.165) is 87.5 Å². The number of nitrogens with zero attached hydrogens (tertiary/aromatic N) is 4. The van der Waals surface area contributed by atoms with Crippen molar-refractivity contribution in [3.05, 3.63) is 252 Å². The van der Waals surface area contributed by atoms with E-state index in [1.54, 1.807) is 63.6 Å². The molecule has 85 heavy (non-hydrogen) atoms. The first-order chi connectivity index (χ1) is 40.2. The third kappa shape index (κ3) is 14.6. The molecule has 0 aliphatic rings. The smallest absolute Gasteiger partial charge is 0.258 e. The lowest BCUT2D eigenvalue weighted by Gasteiger charge is -2.25. The summed E-state index contributed by atoms with van der Waals surface area (Å²) in [6, 6.07) is 66.6. The number of thioether (sulfide) groups is 2. The number of amides is 2. The van der Waals surface area contributed by atoms with Crippen molar-refractivity contribution in [1.82, 2.24) is 9.97 Å². The van der Waals surface area contributed by atoms with Gasteiger partial charge in [0.05, 0.1) is 20.5 Å². The lowest BCUT2D eigenvalue weighted by atomic mass is 9.92. The molecule has 8 aromatic carbocycles. The van der Waals surface area contributed by atoms with E-state index in [4.69, 9.17) is 0 Å². The third-order valence-corrected chi connectivity index (χ3v) is 21.3. The fraction of sp³-hybridized carbons (Fsp3) is 0.200. The highest BCUT2D eigenvalue weighted by Crippen LogP contribution is 2.39. The fourth-order valence-corrected chi connectivity index (χ4v) is 11.8. The van der Waals surface area contributed by atoms with Gasteiger partial charge in [0.2, 0.25) is 0 Å². The molecule has 0 aliphatic carbocycles. The van der Waals surface area contributed by atoms with Gasteiger partial charge in [-0.2, -0.15) is 13.5 Å². The number of pyridine rings is 2. The molecule has 15 heteroatoms. The minimum atomic E-state index is -3.37. The molecule has 0 radical (unpaired) electrons. The Morgan fingerprint density at radius 2 is 0.812 bits per heavy atom. The maximum atomic E-state index is 13.6. The quantitative estimate of drug-likeness (QED) is 0.0764. The molecule has 10 rings (SSSR count). The first-order valence-electron chi connectivity index (χ1n) is 27.5. The van der Waals surface area contributed by atoms with Gasteiger partial charge in [-0.3, -0.25) is 19.6 Å². The first-order valence-corrected chi connectivity index (χ1v) is 33.8. The fourth-order valence-electron chi connectivity index (χ4n) is 9.91. The topological polar surface area (TPSA) is 135 Å². The molecule has 0 spiro atoms. The van der Waals surface area contributed by atoms with Gasteiger partial charge in [0.15, 0.2) is 19.7 Å². The summed E-state index contributed by atoms with van der Waals surface area (Å²) in [5.41, 5.74) is 11.9. The molecule has 2 heterocycles. The van der Waals surface area contributed by atoms with Crippen LogP contribution in [0.5, 0.6) is 0 Å². The Bertz CT molecular complexity index is 3950. The molecule has 0 saturated heterocycles. The molecular weight excluding hydrogens is 1150 g/mol. The van der Waals surface area contributed by atoms with Gasteiger partial charge in [0, 0.05) is 92.2 Å². The molecule has 436 valence electrons. The monoisotopic (exact) mass is 1220 g/mol. The number of carbonyl (C=O) groups is 2. The molecule has 0 bridgehead atoms. The second kappa shape index (κ2) is 27.2. The van der Waals surface area contributed by atoms with Crippen LogP contribution in [-0.2, 0) is 42.0 Å². The van der Waals surface area contributed by atoms with Gasteiger partial charge < -0.3 is 9.80 Å². The van der Waals surface area contributed by atoms with E-state index >= 15 is 0 Å². The Kier molecular flexibility index (Phi) is 20.3. The van der Waals surface area contributed by atoms with Crippen LogP contribution in [0.4, 0.5) is 11.4 Å². The second-order valence-electron chi connectivity index (χ2n) is 21.7. The number of anilines is 2. The third-order valence-electron chi connectivity index (χ3n) is 15.7. The van der Waals surface area contributed by atoms with Crippen LogP contribution in [0, 0.1) is 0 Å². The van der Waals surface area contributed by atoms with Crippen LogP contribution in [0.15, 0.2) is 228 Å². The van der Waals surface area contributed by atoms with Crippen molar-refractivity contribution in [2.45, 2.75) is 59.8 Å². The summed E-state index contributed by atoms with van der Waals surface area (Å²) in [6.45, 7) is 7.95. The summed E-state index contributed by atoms with van der Waals surface area (Å²) >= 11 is 3.33. The number of rotatable bonds is 18. The minimum Gasteiger partial charge on any atom is -0.308 e. The standard InChI is InChI=1S/2C35H34N2O3S2.H2S/c2*1-35(2,42(4,39)40)29-23-28-14-9-20-36-33(28)32(24-29)27-13-8-10-25(22-27)19-21-37(30-15-17-31(41-3)18-16-30)34(38)26-11-6-5-7-12-26;/h2*5-18,20,22-24H,19,21H2,1-4H3;1H2. The Hall–Kier alpha value is -7.53. The molecule has 0 fully saturated rings. The average molecular weight is 1220 g/mol. The van der Waals surface area contributed by atoms with Crippen molar-refractivity contribution in [3.8, 4) is 22.3 Å². The highest BCUT2D eigenvalue weighted by molar-refractivity contribution is 7.98. The Morgan fingerprint density at radius 3 is 1.15 bits per heavy atom. The molecule has 2 amide bonds. The zero-order chi connectivity index (χ0) is 59.8. The van der Waals surface area contributed by atoms with Gasteiger partial charge in [0.25, 0.3) is 11.8 Å². The van der Waals surface area contributed by atoms with Gasteiger partial charge >= 0.3 is 0 Å². The van der Waals surface area contributed by atoms with E-state index in [9.17, 15) is 26.4 Å². The molecule has 0 N–H and O–H groups in total. The Morgan fingerprint density at radius 1 is 0.447 bits per heavy atom. The number of sulfone groups is 2. The van der Waals surface area contributed by atoms with Crippen LogP contribution in [-0.4, -0.2) is 76.7 Å². The van der Waals surface area contributed by atoms with Crippen molar-refractivity contribution in [3.63, 3.8) is 0 Å². The number of aromatic nitrogens is 2. The molecule has 10 aromatic rings.